The normalized spacial score (nSPS) is 22.6. The molecule has 1 aromatic rings. The van der Waals surface area contributed by atoms with Gasteiger partial charge >= 0.3 is 5.97 Å². The van der Waals surface area contributed by atoms with Crippen LogP contribution in [-0.2, 0) is 16.1 Å². The molecule has 1 aromatic carbocycles. The summed E-state index contributed by atoms with van der Waals surface area (Å²) >= 11 is 0. The highest BCUT2D eigenvalue weighted by Gasteiger charge is 2.48. The summed E-state index contributed by atoms with van der Waals surface area (Å²) in [6, 6.07) is 4.08. The smallest absolute Gasteiger partial charge is 0.320 e. The quantitative estimate of drug-likeness (QED) is 0.886. The van der Waals surface area contributed by atoms with Crippen molar-refractivity contribution in [3.05, 3.63) is 29.6 Å². The Bertz CT molecular complexity index is 701. The fourth-order valence-electron chi connectivity index (χ4n) is 4.25. The second-order valence-electron chi connectivity index (χ2n) is 7.44. The number of rotatable bonds is 4. The zero-order valence-corrected chi connectivity index (χ0v) is 15.2. The topological polar surface area (TPSA) is 70.1 Å². The van der Waals surface area contributed by atoms with Gasteiger partial charge in [-0.15, -0.1) is 0 Å². The van der Waals surface area contributed by atoms with Crippen molar-refractivity contribution in [2.45, 2.75) is 38.8 Å². The van der Waals surface area contributed by atoms with Crippen LogP contribution in [0.1, 0.15) is 31.7 Å². The van der Waals surface area contributed by atoms with Crippen molar-refractivity contribution < 1.29 is 23.8 Å². The molecule has 2 aliphatic heterocycles. The number of amides is 1. The number of piperidine rings is 1. The molecule has 2 heterocycles. The second kappa shape index (κ2) is 7.23. The molecule has 2 aliphatic rings. The van der Waals surface area contributed by atoms with Crippen molar-refractivity contribution in [1.29, 1.82) is 0 Å². The van der Waals surface area contributed by atoms with E-state index in [4.69, 9.17) is 4.74 Å². The molecule has 2 saturated heterocycles. The number of hydrogen-bond acceptors (Lipinski definition) is 4. The molecule has 1 N–H and O–H groups in total. The number of carboxylic acids is 1. The first kappa shape index (κ1) is 18.6. The minimum Gasteiger partial charge on any atom is -0.494 e. The van der Waals surface area contributed by atoms with Gasteiger partial charge in [0.25, 0.3) is 0 Å². The van der Waals surface area contributed by atoms with Crippen LogP contribution in [0.4, 0.5) is 4.39 Å². The summed E-state index contributed by atoms with van der Waals surface area (Å²) < 4.78 is 18.6. The standard InChI is InChI=1S/C19H25FN2O4/c1-13(23)21-7-5-19(6-8-21)10-16(18(24)25)22(12-19)11-14-3-4-15(20)17(9-14)26-2/h3-4,9,16H,5-8,10-12H2,1-2H3,(H,24,25). The summed E-state index contributed by atoms with van der Waals surface area (Å²) in [6.45, 7) is 4.04. The van der Waals surface area contributed by atoms with Crippen LogP contribution in [0.15, 0.2) is 18.2 Å². The third-order valence-corrected chi connectivity index (χ3v) is 5.76. The zero-order chi connectivity index (χ0) is 18.9. The number of nitrogens with zero attached hydrogens (tertiary/aromatic N) is 2. The molecule has 3 rings (SSSR count). The maximum Gasteiger partial charge on any atom is 0.320 e. The Labute approximate surface area is 152 Å². The van der Waals surface area contributed by atoms with E-state index in [0.29, 0.717) is 32.6 Å². The Balaban J connectivity index is 1.74. The van der Waals surface area contributed by atoms with Crippen LogP contribution in [-0.4, -0.2) is 59.6 Å². The number of halogens is 1. The van der Waals surface area contributed by atoms with Gasteiger partial charge in [0.05, 0.1) is 7.11 Å². The predicted molar refractivity (Wildman–Crippen MR) is 93.3 cm³/mol. The number of hydrogen-bond donors (Lipinski definition) is 1. The minimum absolute atomic E-state index is 0.0703. The Morgan fingerprint density at radius 2 is 2.04 bits per heavy atom. The van der Waals surface area contributed by atoms with Gasteiger partial charge in [0.1, 0.15) is 6.04 Å². The van der Waals surface area contributed by atoms with Gasteiger partial charge in [-0.2, -0.15) is 0 Å². The number of carboxylic acid groups (broad SMARTS) is 1. The molecular weight excluding hydrogens is 339 g/mol. The van der Waals surface area contributed by atoms with E-state index >= 15 is 0 Å². The maximum atomic E-state index is 13.6. The monoisotopic (exact) mass is 364 g/mol. The molecule has 0 saturated carbocycles. The van der Waals surface area contributed by atoms with E-state index in [2.05, 4.69) is 0 Å². The lowest BCUT2D eigenvalue weighted by molar-refractivity contribution is -0.142. The summed E-state index contributed by atoms with van der Waals surface area (Å²) in [6.07, 6.45) is 2.23. The molecule has 6 nitrogen and oxygen atoms in total. The largest absolute Gasteiger partial charge is 0.494 e. The molecule has 0 aliphatic carbocycles. The highest BCUT2D eigenvalue weighted by atomic mass is 19.1. The second-order valence-corrected chi connectivity index (χ2v) is 7.44. The first-order valence-corrected chi connectivity index (χ1v) is 8.88. The van der Waals surface area contributed by atoms with Crippen LogP contribution in [0.3, 0.4) is 0 Å². The van der Waals surface area contributed by atoms with Crippen molar-refractivity contribution >= 4 is 11.9 Å². The van der Waals surface area contributed by atoms with Crippen molar-refractivity contribution in [3.8, 4) is 5.75 Å². The Kier molecular flexibility index (Phi) is 5.18. The molecule has 7 heteroatoms. The highest BCUT2D eigenvalue weighted by molar-refractivity contribution is 5.74. The van der Waals surface area contributed by atoms with E-state index in [1.165, 1.54) is 13.2 Å². The highest BCUT2D eigenvalue weighted by Crippen LogP contribution is 2.44. The summed E-state index contributed by atoms with van der Waals surface area (Å²) in [4.78, 5) is 27.1. The van der Waals surface area contributed by atoms with Crippen LogP contribution in [0.5, 0.6) is 5.75 Å². The van der Waals surface area contributed by atoms with E-state index in [1.807, 2.05) is 9.80 Å². The van der Waals surface area contributed by atoms with Gasteiger partial charge in [-0.05, 0) is 42.4 Å². The number of methoxy groups -OCH3 is 1. The van der Waals surface area contributed by atoms with Gasteiger partial charge in [0.2, 0.25) is 5.91 Å². The molecule has 0 bridgehead atoms. The van der Waals surface area contributed by atoms with Crippen LogP contribution in [0, 0.1) is 11.2 Å². The van der Waals surface area contributed by atoms with Gasteiger partial charge in [0, 0.05) is 33.1 Å². The molecule has 26 heavy (non-hydrogen) atoms. The Morgan fingerprint density at radius 1 is 1.35 bits per heavy atom. The first-order valence-electron chi connectivity index (χ1n) is 8.88. The summed E-state index contributed by atoms with van der Waals surface area (Å²) in [5.74, 6) is -1.02. The Hall–Kier alpha value is -2.15. The molecule has 1 spiro atoms. The van der Waals surface area contributed by atoms with Gasteiger partial charge in [0.15, 0.2) is 11.6 Å². The zero-order valence-electron chi connectivity index (χ0n) is 15.2. The molecular formula is C19H25FN2O4. The number of carbonyl (C=O) groups is 2. The van der Waals surface area contributed by atoms with Crippen LogP contribution in [0.2, 0.25) is 0 Å². The molecule has 142 valence electrons. The van der Waals surface area contributed by atoms with Gasteiger partial charge in [-0.25, -0.2) is 4.39 Å². The van der Waals surface area contributed by atoms with Gasteiger partial charge in [-0.3, -0.25) is 14.5 Å². The predicted octanol–water partition coefficient (Wildman–Crippen LogP) is 2.12. The van der Waals surface area contributed by atoms with Gasteiger partial charge in [-0.1, -0.05) is 6.07 Å². The van der Waals surface area contributed by atoms with Crippen molar-refractivity contribution in [1.82, 2.24) is 9.80 Å². The molecule has 0 aromatic heterocycles. The summed E-state index contributed by atoms with van der Waals surface area (Å²) in [5, 5.41) is 9.67. The minimum atomic E-state index is -0.829. The van der Waals surface area contributed by atoms with Crippen LogP contribution in [0.25, 0.3) is 0 Å². The van der Waals surface area contributed by atoms with E-state index in [0.717, 1.165) is 18.4 Å². The molecule has 1 unspecified atom stereocenters. The average molecular weight is 364 g/mol. The number of carbonyl (C=O) groups excluding carboxylic acids is 1. The fraction of sp³-hybridized carbons (Fsp3) is 0.579. The molecule has 1 amide bonds. The third-order valence-electron chi connectivity index (χ3n) is 5.76. The van der Waals surface area contributed by atoms with Crippen molar-refractivity contribution in [3.63, 3.8) is 0 Å². The molecule has 1 atom stereocenters. The number of ether oxygens (including phenoxy) is 1. The number of benzene rings is 1. The van der Waals surface area contributed by atoms with E-state index < -0.39 is 17.8 Å². The fourth-order valence-corrected chi connectivity index (χ4v) is 4.25. The van der Waals surface area contributed by atoms with Crippen LogP contribution < -0.4 is 4.74 Å². The van der Waals surface area contributed by atoms with Crippen LogP contribution >= 0.6 is 0 Å². The lowest BCUT2D eigenvalue weighted by Gasteiger charge is -2.39. The average Bonchev–Trinajstić information content (AvgIpc) is 2.95. The Morgan fingerprint density at radius 3 is 2.62 bits per heavy atom. The van der Waals surface area contributed by atoms with Crippen molar-refractivity contribution in [2.75, 3.05) is 26.7 Å². The molecule has 0 radical (unpaired) electrons. The van der Waals surface area contributed by atoms with Gasteiger partial charge < -0.3 is 14.7 Å². The lowest BCUT2D eigenvalue weighted by Crippen LogP contribution is -2.43. The van der Waals surface area contributed by atoms with E-state index in [9.17, 15) is 19.1 Å². The maximum absolute atomic E-state index is 13.6. The van der Waals surface area contributed by atoms with E-state index in [1.54, 1.807) is 19.1 Å². The first-order chi connectivity index (χ1) is 12.3. The SMILES string of the molecule is COc1cc(CN2CC3(CCN(C(C)=O)CC3)CC2C(=O)O)ccc1F. The summed E-state index contributed by atoms with van der Waals surface area (Å²) in [5.41, 5.74) is 0.756. The third kappa shape index (κ3) is 3.67. The van der Waals surface area contributed by atoms with E-state index in [-0.39, 0.29) is 17.1 Å². The molecule has 2 fully saturated rings. The lowest BCUT2D eigenvalue weighted by atomic mass is 9.76. The number of likely N-dealkylation sites (tertiary alicyclic amines) is 2. The van der Waals surface area contributed by atoms with Crippen molar-refractivity contribution in [2.24, 2.45) is 5.41 Å². The summed E-state index contributed by atoms with van der Waals surface area (Å²) in [7, 11) is 1.41. The number of aliphatic carboxylic acids is 1.